The second kappa shape index (κ2) is 5.13. The minimum absolute atomic E-state index is 0.785. The summed E-state index contributed by atoms with van der Waals surface area (Å²) in [6, 6.07) is 10.2. The van der Waals surface area contributed by atoms with E-state index in [1.165, 1.54) is 11.1 Å². The third kappa shape index (κ3) is 2.57. The van der Waals surface area contributed by atoms with Crippen LogP contribution in [0.25, 0.3) is 5.65 Å². The summed E-state index contributed by atoms with van der Waals surface area (Å²) < 4.78 is 1.98. The van der Waals surface area contributed by atoms with Crippen molar-refractivity contribution in [3.8, 4) is 0 Å². The van der Waals surface area contributed by atoms with Gasteiger partial charge in [0, 0.05) is 6.20 Å². The van der Waals surface area contributed by atoms with Crippen LogP contribution in [0.3, 0.4) is 0 Å². The Kier molecular flexibility index (Phi) is 3.29. The zero-order valence-corrected chi connectivity index (χ0v) is 12.8. The Hall–Kier alpha value is -2.49. The number of aromatic nitrogens is 2. The van der Waals surface area contributed by atoms with E-state index in [0.717, 1.165) is 28.4 Å². The lowest BCUT2D eigenvalue weighted by molar-refractivity contribution is 1.09. The van der Waals surface area contributed by atoms with Gasteiger partial charge in [-0.15, -0.1) is 10.2 Å². The van der Waals surface area contributed by atoms with Crippen molar-refractivity contribution in [1.29, 1.82) is 0 Å². The molecule has 0 aliphatic carbocycles. The summed E-state index contributed by atoms with van der Waals surface area (Å²) >= 11 is 0. The van der Waals surface area contributed by atoms with Crippen molar-refractivity contribution in [2.75, 3.05) is 0 Å². The van der Waals surface area contributed by atoms with Crippen LogP contribution in [0.2, 0.25) is 0 Å². The van der Waals surface area contributed by atoms with E-state index in [1.807, 2.05) is 48.7 Å². The highest BCUT2D eigenvalue weighted by atomic mass is 15.2. The van der Waals surface area contributed by atoms with Gasteiger partial charge in [0.25, 0.3) is 0 Å². The van der Waals surface area contributed by atoms with E-state index in [0.29, 0.717) is 0 Å². The molecule has 4 heteroatoms. The highest BCUT2D eigenvalue weighted by Crippen LogP contribution is 2.25. The van der Waals surface area contributed by atoms with Gasteiger partial charge in [-0.2, -0.15) is 0 Å². The molecule has 0 N–H and O–H groups in total. The minimum Gasteiger partial charge on any atom is -0.283 e. The summed E-state index contributed by atoms with van der Waals surface area (Å²) in [7, 11) is 0. The third-order valence-electron chi connectivity index (χ3n) is 3.45. The van der Waals surface area contributed by atoms with Crippen molar-refractivity contribution in [3.05, 3.63) is 58.9 Å². The first kappa shape index (κ1) is 13.5. The molecule has 0 fully saturated rings. The smallest absolute Gasteiger partial charge is 0.182 e. The molecule has 106 valence electrons. The van der Waals surface area contributed by atoms with Crippen molar-refractivity contribution in [2.24, 2.45) is 10.2 Å². The van der Waals surface area contributed by atoms with Crippen LogP contribution in [0.5, 0.6) is 0 Å². The van der Waals surface area contributed by atoms with E-state index in [9.17, 15) is 0 Å². The van der Waals surface area contributed by atoms with Crippen LogP contribution in [-0.4, -0.2) is 9.38 Å². The fraction of sp³-hybridized carbons (Fsp3) is 0.235. The molecule has 0 atom stereocenters. The molecule has 3 aromatic rings. The summed E-state index contributed by atoms with van der Waals surface area (Å²) in [5.41, 5.74) is 6.20. The predicted molar refractivity (Wildman–Crippen MR) is 84.8 cm³/mol. The maximum absolute atomic E-state index is 4.57. The highest BCUT2D eigenvalue weighted by Gasteiger charge is 2.09. The zero-order valence-electron chi connectivity index (χ0n) is 12.8. The molecule has 0 bridgehead atoms. The van der Waals surface area contributed by atoms with Crippen LogP contribution in [0.1, 0.15) is 22.4 Å². The molecular formula is C17H18N4. The number of rotatable bonds is 2. The van der Waals surface area contributed by atoms with Gasteiger partial charge in [-0.05, 0) is 62.6 Å². The highest BCUT2D eigenvalue weighted by molar-refractivity contribution is 5.56. The van der Waals surface area contributed by atoms with Crippen LogP contribution < -0.4 is 0 Å². The summed E-state index contributed by atoms with van der Waals surface area (Å²) in [5, 5.41) is 8.79. The van der Waals surface area contributed by atoms with Gasteiger partial charge in [0.15, 0.2) is 5.82 Å². The van der Waals surface area contributed by atoms with Gasteiger partial charge in [0.2, 0.25) is 0 Å². The number of benzene rings is 1. The minimum atomic E-state index is 0.785. The summed E-state index contributed by atoms with van der Waals surface area (Å²) in [5.74, 6) is 0.785. The SMILES string of the molecule is Cc1cc(C)cc(N=Nc2c(C)nc3c(C)cccn23)c1. The Bertz CT molecular complexity index is 823. The Morgan fingerprint density at radius 3 is 2.38 bits per heavy atom. The first-order valence-corrected chi connectivity index (χ1v) is 6.99. The van der Waals surface area contributed by atoms with E-state index in [2.05, 4.69) is 35.1 Å². The number of nitrogens with zero attached hydrogens (tertiary/aromatic N) is 4. The second-order valence-corrected chi connectivity index (χ2v) is 5.45. The van der Waals surface area contributed by atoms with Crippen molar-refractivity contribution in [3.63, 3.8) is 0 Å². The largest absolute Gasteiger partial charge is 0.283 e. The van der Waals surface area contributed by atoms with Crippen molar-refractivity contribution < 1.29 is 0 Å². The number of aryl methyl sites for hydroxylation is 4. The lowest BCUT2D eigenvalue weighted by atomic mass is 10.1. The van der Waals surface area contributed by atoms with E-state index in [4.69, 9.17) is 0 Å². The lowest BCUT2D eigenvalue weighted by Crippen LogP contribution is -1.85. The van der Waals surface area contributed by atoms with E-state index >= 15 is 0 Å². The summed E-state index contributed by atoms with van der Waals surface area (Å²) in [4.78, 5) is 4.57. The predicted octanol–water partition coefficient (Wildman–Crippen LogP) is 4.98. The number of fused-ring (bicyclic) bond motifs is 1. The van der Waals surface area contributed by atoms with Gasteiger partial charge in [-0.25, -0.2) is 4.98 Å². The van der Waals surface area contributed by atoms with Crippen LogP contribution in [0, 0.1) is 27.7 Å². The molecule has 0 saturated heterocycles. The molecule has 21 heavy (non-hydrogen) atoms. The quantitative estimate of drug-likeness (QED) is 0.609. The molecule has 4 nitrogen and oxygen atoms in total. The molecular weight excluding hydrogens is 260 g/mol. The Morgan fingerprint density at radius 1 is 0.952 bits per heavy atom. The standard InChI is InChI=1S/C17H18N4/c1-11-8-12(2)10-15(9-11)19-20-17-14(4)18-16-13(3)6-5-7-21(16)17/h5-10H,1-4H3. The summed E-state index contributed by atoms with van der Waals surface area (Å²) in [6.07, 6.45) is 1.97. The monoisotopic (exact) mass is 278 g/mol. The number of hydrogen-bond acceptors (Lipinski definition) is 3. The number of imidazole rings is 1. The van der Waals surface area contributed by atoms with Gasteiger partial charge >= 0.3 is 0 Å². The third-order valence-corrected chi connectivity index (χ3v) is 3.45. The number of hydrogen-bond donors (Lipinski definition) is 0. The van der Waals surface area contributed by atoms with Crippen LogP contribution in [0.4, 0.5) is 11.5 Å². The maximum Gasteiger partial charge on any atom is 0.182 e. The van der Waals surface area contributed by atoms with Crippen LogP contribution in [0.15, 0.2) is 46.8 Å². The molecule has 3 rings (SSSR count). The Balaban J connectivity index is 2.07. The molecule has 2 heterocycles. The molecule has 0 radical (unpaired) electrons. The molecule has 0 aliphatic rings. The van der Waals surface area contributed by atoms with Gasteiger partial charge in [-0.1, -0.05) is 12.1 Å². The van der Waals surface area contributed by atoms with E-state index in [-0.39, 0.29) is 0 Å². The zero-order chi connectivity index (χ0) is 15.0. The van der Waals surface area contributed by atoms with Crippen molar-refractivity contribution in [2.45, 2.75) is 27.7 Å². The molecule has 0 spiro atoms. The topological polar surface area (TPSA) is 42.0 Å². The molecule has 2 aromatic heterocycles. The molecule has 1 aromatic carbocycles. The summed E-state index contributed by atoms with van der Waals surface area (Å²) in [6.45, 7) is 8.14. The molecule has 0 amide bonds. The van der Waals surface area contributed by atoms with Crippen LogP contribution >= 0.6 is 0 Å². The first-order chi connectivity index (χ1) is 10.0. The molecule has 0 unspecified atom stereocenters. The number of pyridine rings is 1. The average Bonchev–Trinajstić information content (AvgIpc) is 2.73. The second-order valence-electron chi connectivity index (χ2n) is 5.45. The maximum atomic E-state index is 4.57. The average molecular weight is 278 g/mol. The van der Waals surface area contributed by atoms with E-state index < -0.39 is 0 Å². The lowest BCUT2D eigenvalue weighted by Gasteiger charge is -2.00. The Labute approximate surface area is 124 Å². The number of azo groups is 1. The Morgan fingerprint density at radius 2 is 1.67 bits per heavy atom. The molecule has 0 aliphatic heterocycles. The van der Waals surface area contributed by atoms with Crippen molar-refractivity contribution >= 4 is 17.2 Å². The van der Waals surface area contributed by atoms with E-state index in [1.54, 1.807) is 0 Å². The van der Waals surface area contributed by atoms with Gasteiger partial charge in [0.1, 0.15) is 5.65 Å². The fourth-order valence-electron chi connectivity index (χ4n) is 2.54. The normalized spacial score (nSPS) is 11.6. The van der Waals surface area contributed by atoms with Gasteiger partial charge in [0.05, 0.1) is 11.4 Å². The van der Waals surface area contributed by atoms with Gasteiger partial charge in [-0.3, -0.25) is 4.40 Å². The van der Waals surface area contributed by atoms with Gasteiger partial charge < -0.3 is 0 Å². The van der Waals surface area contributed by atoms with Crippen molar-refractivity contribution in [1.82, 2.24) is 9.38 Å². The molecule has 0 saturated carbocycles. The first-order valence-electron chi connectivity index (χ1n) is 6.99. The fourth-order valence-corrected chi connectivity index (χ4v) is 2.54. The van der Waals surface area contributed by atoms with Crippen LogP contribution in [-0.2, 0) is 0 Å².